The molecular weight excluding hydrogens is 728 g/mol. The Morgan fingerprint density at radius 2 is 1.58 bits per heavy atom. The first-order valence-electron chi connectivity index (χ1n) is 17.2. The van der Waals surface area contributed by atoms with Gasteiger partial charge in [0.2, 0.25) is 11.8 Å². The molecule has 4 aliphatic heterocycles. The van der Waals surface area contributed by atoms with Crippen LogP contribution in [-0.4, -0.2) is 101 Å². The van der Waals surface area contributed by atoms with E-state index in [2.05, 4.69) is 43.4 Å². The SMILES string of the molecule is O=C(Nc1ccc(F)c(CI)c1)N[C@@H](CC(=O)N1CCC(N2Cc3ccccc3NC2=O)CC1)C(=O)N1CCC(N2CCCCC2)CC1. The second-order valence-corrected chi connectivity index (χ2v) is 14.0. The average molecular weight is 774 g/mol. The van der Waals surface area contributed by atoms with E-state index in [1.54, 1.807) is 15.9 Å². The number of nitrogens with zero attached hydrogens (tertiary/aromatic N) is 4. The molecular formula is C35H45FIN7O4. The molecule has 48 heavy (non-hydrogen) atoms. The Morgan fingerprint density at radius 3 is 2.31 bits per heavy atom. The molecule has 0 unspecified atom stereocenters. The van der Waals surface area contributed by atoms with Crippen LogP contribution in [0, 0.1) is 5.82 Å². The highest BCUT2D eigenvalue weighted by Crippen LogP contribution is 2.28. The van der Waals surface area contributed by atoms with Crippen LogP contribution >= 0.6 is 22.6 Å². The highest BCUT2D eigenvalue weighted by molar-refractivity contribution is 14.1. The highest BCUT2D eigenvalue weighted by atomic mass is 127. The van der Waals surface area contributed by atoms with E-state index in [4.69, 9.17) is 0 Å². The average Bonchev–Trinajstić information content (AvgIpc) is 3.12. The number of rotatable bonds is 8. The molecule has 3 N–H and O–H groups in total. The van der Waals surface area contributed by atoms with Crippen molar-refractivity contribution in [3.8, 4) is 0 Å². The monoisotopic (exact) mass is 773 g/mol. The van der Waals surface area contributed by atoms with Gasteiger partial charge in [-0.2, -0.15) is 0 Å². The van der Waals surface area contributed by atoms with E-state index in [-0.39, 0.29) is 36.1 Å². The Bertz CT molecular complexity index is 1490. The molecule has 13 heteroatoms. The first-order chi connectivity index (χ1) is 23.3. The molecule has 1 atom stereocenters. The summed E-state index contributed by atoms with van der Waals surface area (Å²) in [6.45, 7) is 4.81. The Hall–Kier alpha value is -3.46. The summed E-state index contributed by atoms with van der Waals surface area (Å²) in [5.41, 5.74) is 2.76. The van der Waals surface area contributed by atoms with E-state index in [0.29, 0.717) is 67.3 Å². The molecule has 2 aromatic rings. The number of para-hydroxylation sites is 1. The lowest BCUT2D eigenvalue weighted by molar-refractivity contribution is -0.140. The molecule has 258 valence electrons. The van der Waals surface area contributed by atoms with E-state index in [1.807, 2.05) is 29.2 Å². The minimum absolute atomic E-state index is 0.00641. The molecule has 11 nitrogen and oxygen atoms in total. The van der Waals surface area contributed by atoms with Crippen molar-refractivity contribution in [1.82, 2.24) is 24.9 Å². The van der Waals surface area contributed by atoms with E-state index >= 15 is 0 Å². The largest absolute Gasteiger partial charge is 0.342 e. The molecule has 0 saturated carbocycles. The maximum Gasteiger partial charge on any atom is 0.322 e. The van der Waals surface area contributed by atoms with Gasteiger partial charge in [-0.05, 0) is 87.0 Å². The Kier molecular flexibility index (Phi) is 11.3. The summed E-state index contributed by atoms with van der Waals surface area (Å²) >= 11 is 2.06. The van der Waals surface area contributed by atoms with Gasteiger partial charge in [-0.3, -0.25) is 9.59 Å². The molecule has 6 amide bonds. The lowest BCUT2D eigenvalue weighted by atomic mass is 9.98. The van der Waals surface area contributed by atoms with Crippen molar-refractivity contribution in [3.63, 3.8) is 0 Å². The number of hydrogen-bond acceptors (Lipinski definition) is 5. The number of alkyl halides is 1. The van der Waals surface area contributed by atoms with Crippen molar-refractivity contribution in [2.75, 3.05) is 49.9 Å². The maximum atomic E-state index is 14.1. The van der Waals surface area contributed by atoms with Crippen molar-refractivity contribution < 1.29 is 23.6 Å². The number of urea groups is 2. The summed E-state index contributed by atoms with van der Waals surface area (Å²) in [5.74, 6) is -0.824. The number of nitrogens with one attached hydrogen (secondary N) is 3. The molecule has 3 saturated heterocycles. The fourth-order valence-corrected chi connectivity index (χ4v) is 8.07. The third kappa shape index (κ3) is 8.21. The number of likely N-dealkylation sites (tertiary alicyclic amines) is 3. The van der Waals surface area contributed by atoms with Gasteiger partial charge in [0.25, 0.3) is 0 Å². The number of amides is 6. The minimum atomic E-state index is -1.05. The van der Waals surface area contributed by atoms with Gasteiger partial charge in [0, 0.05) is 60.6 Å². The zero-order valence-corrected chi connectivity index (χ0v) is 29.4. The molecule has 0 bridgehead atoms. The van der Waals surface area contributed by atoms with Crippen molar-refractivity contribution >= 4 is 57.8 Å². The lowest BCUT2D eigenvalue weighted by Crippen LogP contribution is -2.56. The van der Waals surface area contributed by atoms with Crippen LogP contribution in [-0.2, 0) is 20.6 Å². The number of carbonyl (C=O) groups is 4. The van der Waals surface area contributed by atoms with Crippen molar-refractivity contribution in [2.45, 2.75) is 80.5 Å². The predicted octanol–water partition coefficient (Wildman–Crippen LogP) is 5.16. The lowest BCUT2D eigenvalue weighted by Gasteiger charge is -2.41. The van der Waals surface area contributed by atoms with E-state index < -0.39 is 12.1 Å². The summed E-state index contributed by atoms with van der Waals surface area (Å²) in [6.07, 6.45) is 6.53. The third-order valence-electron chi connectivity index (χ3n) is 10.2. The Morgan fingerprint density at radius 1 is 0.896 bits per heavy atom. The van der Waals surface area contributed by atoms with Crippen molar-refractivity contribution in [2.24, 2.45) is 0 Å². The summed E-state index contributed by atoms with van der Waals surface area (Å²) in [5, 5.41) is 8.47. The van der Waals surface area contributed by atoms with Gasteiger partial charge in [0.1, 0.15) is 11.9 Å². The Balaban J connectivity index is 1.08. The molecule has 0 aromatic heterocycles. The van der Waals surface area contributed by atoms with Gasteiger partial charge < -0.3 is 35.6 Å². The van der Waals surface area contributed by atoms with Crippen molar-refractivity contribution in [3.05, 3.63) is 59.4 Å². The fraction of sp³-hybridized carbons (Fsp3) is 0.543. The molecule has 0 radical (unpaired) electrons. The first kappa shape index (κ1) is 34.4. The fourth-order valence-electron chi connectivity index (χ4n) is 7.48. The molecule has 0 aliphatic carbocycles. The second kappa shape index (κ2) is 15.8. The number of carbonyl (C=O) groups excluding carboxylic acids is 4. The number of hydrogen-bond donors (Lipinski definition) is 3. The zero-order chi connectivity index (χ0) is 33.6. The van der Waals surface area contributed by atoms with Crippen LogP contribution in [0.4, 0.5) is 25.4 Å². The summed E-state index contributed by atoms with van der Waals surface area (Å²) in [7, 11) is 0. The maximum absolute atomic E-state index is 14.1. The van der Waals surface area contributed by atoms with Crippen LogP contribution in [0.1, 0.15) is 62.5 Å². The zero-order valence-electron chi connectivity index (χ0n) is 27.3. The molecule has 0 spiro atoms. The number of piperidine rings is 3. The summed E-state index contributed by atoms with van der Waals surface area (Å²) in [4.78, 5) is 61.5. The smallest absolute Gasteiger partial charge is 0.322 e. The summed E-state index contributed by atoms with van der Waals surface area (Å²) < 4.78 is 14.5. The van der Waals surface area contributed by atoms with Crippen LogP contribution in [0.5, 0.6) is 0 Å². The first-order valence-corrected chi connectivity index (χ1v) is 18.7. The van der Waals surface area contributed by atoms with Gasteiger partial charge in [-0.25, -0.2) is 14.0 Å². The molecule has 6 rings (SSSR count). The van der Waals surface area contributed by atoms with Crippen LogP contribution in [0.15, 0.2) is 42.5 Å². The van der Waals surface area contributed by atoms with E-state index in [1.165, 1.54) is 31.4 Å². The molecule has 2 aromatic carbocycles. The van der Waals surface area contributed by atoms with E-state index in [0.717, 1.165) is 37.2 Å². The van der Waals surface area contributed by atoms with Gasteiger partial charge in [-0.15, -0.1) is 0 Å². The number of anilines is 2. The van der Waals surface area contributed by atoms with Crippen LogP contribution in [0.2, 0.25) is 0 Å². The highest BCUT2D eigenvalue weighted by Gasteiger charge is 2.36. The quantitative estimate of drug-likeness (QED) is 0.254. The van der Waals surface area contributed by atoms with Crippen molar-refractivity contribution in [1.29, 1.82) is 0 Å². The number of benzene rings is 2. The number of halogens is 2. The molecule has 4 heterocycles. The van der Waals surface area contributed by atoms with Crippen LogP contribution < -0.4 is 16.0 Å². The van der Waals surface area contributed by atoms with Gasteiger partial charge in [0.05, 0.1) is 6.42 Å². The molecule has 4 aliphatic rings. The van der Waals surface area contributed by atoms with E-state index in [9.17, 15) is 23.6 Å². The topological polar surface area (TPSA) is 117 Å². The minimum Gasteiger partial charge on any atom is -0.342 e. The number of fused-ring (bicyclic) bond motifs is 1. The third-order valence-corrected chi connectivity index (χ3v) is 11.1. The Labute approximate surface area is 295 Å². The van der Waals surface area contributed by atoms with Gasteiger partial charge in [-0.1, -0.05) is 47.2 Å². The van der Waals surface area contributed by atoms with Gasteiger partial charge >= 0.3 is 12.1 Å². The normalized spacial score (nSPS) is 20.1. The standard InChI is InChI=1S/C35H45FIN7O4/c36-29-9-8-26(20-25(29)22-37)38-34(47)39-31(33(46)43-18-10-27(11-19-43)41-14-4-1-5-15-41)21-32(45)42-16-12-28(13-17-42)44-23-24-6-2-3-7-30(24)40-35(44)48/h2-3,6-9,20,27-28,31H,1,4-5,10-19,21-23H2,(H,40,48)(H2,38,39,47)/t31-/m0/s1. The predicted molar refractivity (Wildman–Crippen MR) is 190 cm³/mol. The molecule has 3 fully saturated rings. The van der Waals surface area contributed by atoms with Gasteiger partial charge in [0.15, 0.2) is 0 Å². The van der Waals surface area contributed by atoms with Crippen LogP contribution in [0.3, 0.4) is 0 Å². The summed E-state index contributed by atoms with van der Waals surface area (Å²) in [6, 6.07) is 10.8. The second-order valence-electron chi connectivity index (χ2n) is 13.3. The van der Waals surface area contributed by atoms with Crippen LogP contribution in [0.25, 0.3) is 0 Å².